The summed E-state index contributed by atoms with van der Waals surface area (Å²) in [6.45, 7) is 2.60. The normalized spacial score (nSPS) is 15.2. The number of fused-ring (bicyclic) bond motifs is 3. The molecule has 2 aliphatic rings. The van der Waals surface area contributed by atoms with Crippen molar-refractivity contribution in [1.29, 1.82) is 0 Å². The van der Waals surface area contributed by atoms with Gasteiger partial charge in [-0.25, -0.2) is 9.59 Å². The van der Waals surface area contributed by atoms with Crippen molar-refractivity contribution in [3.63, 3.8) is 0 Å². The van der Waals surface area contributed by atoms with Crippen molar-refractivity contribution in [3.8, 4) is 11.1 Å². The first-order chi connectivity index (χ1) is 27.4. The van der Waals surface area contributed by atoms with Gasteiger partial charge >= 0.3 is 12.2 Å². The monoisotopic (exact) mass is 781 g/mol. The molecule has 5 N–H and O–H groups in total. The van der Waals surface area contributed by atoms with Gasteiger partial charge in [0.25, 0.3) is 0 Å². The van der Waals surface area contributed by atoms with Crippen LogP contribution in [0.3, 0.4) is 0 Å². The van der Waals surface area contributed by atoms with Crippen molar-refractivity contribution in [2.45, 2.75) is 44.1 Å². The third-order valence-corrected chi connectivity index (χ3v) is 8.82. The first-order valence-corrected chi connectivity index (χ1v) is 19.2. The summed E-state index contributed by atoms with van der Waals surface area (Å²) in [5.41, 5.74) is 4.37. The molecule has 5 amide bonds. The molecule has 56 heavy (non-hydrogen) atoms. The van der Waals surface area contributed by atoms with Gasteiger partial charge in [0.15, 0.2) is 0 Å². The van der Waals surface area contributed by atoms with Crippen molar-refractivity contribution >= 4 is 29.9 Å². The Morgan fingerprint density at radius 1 is 0.536 bits per heavy atom. The Balaban J connectivity index is 0.880. The van der Waals surface area contributed by atoms with E-state index in [-0.39, 0.29) is 51.4 Å². The van der Waals surface area contributed by atoms with E-state index < -0.39 is 29.9 Å². The lowest BCUT2D eigenvalue weighted by atomic mass is 9.98. The van der Waals surface area contributed by atoms with Crippen LogP contribution in [0.5, 0.6) is 0 Å². The van der Waals surface area contributed by atoms with Crippen molar-refractivity contribution in [1.82, 2.24) is 26.6 Å². The highest BCUT2D eigenvalue weighted by Gasteiger charge is 2.29. The molecule has 2 aromatic carbocycles. The summed E-state index contributed by atoms with van der Waals surface area (Å²) in [6.07, 6.45) is 7.84. The van der Waals surface area contributed by atoms with Crippen LogP contribution in [0.4, 0.5) is 9.59 Å². The molecule has 0 saturated carbocycles. The van der Waals surface area contributed by atoms with Gasteiger partial charge in [-0.2, -0.15) is 0 Å². The van der Waals surface area contributed by atoms with E-state index in [1.807, 2.05) is 48.5 Å². The molecule has 0 spiro atoms. The average Bonchev–Trinajstić information content (AvgIpc) is 3.51. The van der Waals surface area contributed by atoms with Crippen LogP contribution in [0, 0.1) is 0 Å². The number of nitrogens with one attached hydrogen (secondary N) is 5. The number of ether oxygens (including phenoxy) is 6. The Hall–Kier alpha value is -5.03. The number of carbonyl (C=O) groups excluding carboxylic acids is 5. The van der Waals surface area contributed by atoms with Crippen molar-refractivity contribution < 1.29 is 52.4 Å². The van der Waals surface area contributed by atoms with E-state index >= 15 is 0 Å². The molecule has 0 heterocycles. The number of benzene rings is 2. The van der Waals surface area contributed by atoms with Gasteiger partial charge in [-0.1, -0.05) is 60.7 Å². The summed E-state index contributed by atoms with van der Waals surface area (Å²) < 4.78 is 32.7. The number of carbonyl (C=O) groups is 5. The predicted octanol–water partition coefficient (Wildman–Crippen LogP) is 2.56. The van der Waals surface area contributed by atoms with Gasteiger partial charge in [0.05, 0.1) is 65.9 Å². The summed E-state index contributed by atoms with van der Waals surface area (Å²) in [6, 6.07) is 15.9. The number of alkyl carbamates (subject to hydrolysis) is 2. The summed E-state index contributed by atoms with van der Waals surface area (Å²) >= 11 is 0. The molecule has 0 fully saturated rings. The minimum absolute atomic E-state index is 0.0370. The van der Waals surface area contributed by atoms with Crippen molar-refractivity contribution in [3.05, 3.63) is 71.8 Å². The van der Waals surface area contributed by atoms with Gasteiger partial charge in [0.1, 0.15) is 19.3 Å². The Bertz CT molecular complexity index is 1530. The molecule has 16 nitrogen and oxygen atoms in total. The average molecular weight is 782 g/mol. The van der Waals surface area contributed by atoms with E-state index in [0.29, 0.717) is 52.8 Å². The molecule has 0 aromatic heterocycles. The second kappa shape index (κ2) is 25.9. The van der Waals surface area contributed by atoms with Crippen LogP contribution in [0.1, 0.15) is 49.1 Å². The second-order valence-electron chi connectivity index (χ2n) is 13.0. The van der Waals surface area contributed by atoms with Crippen LogP contribution in [-0.4, -0.2) is 128 Å². The van der Waals surface area contributed by atoms with Crippen LogP contribution < -0.4 is 26.6 Å². The number of amides is 5. The zero-order valence-corrected chi connectivity index (χ0v) is 31.9. The standard InChI is InChI=1S/C40H55N5O11/c46-36(41-16-18-51-20-22-53-24-25-54-23-21-52-19-17-42-40(50)56-30-10-4-2-1-3-5-11-30)26-43-37(47)27-44-38(48)28-45-39(49)55-29-35-33-14-8-6-12-31(33)32-13-7-9-15-34(32)35/h1-2,6-9,12-15,30,35H,3-5,10-11,16-29H2,(H,41,46)(H,42,50)(H,43,47)(H,44,48)(H,45,49)/b2-1-. The fourth-order valence-corrected chi connectivity index (χ4v) is 6.03. The van der Waals surface area contributed by atoms with Crippen LogP contribution in [-0.2, 0) is 42.8 Å². The van der Waals surface area contributed by atoms with Crippen LogP contribution in [0.15, 0.2) is 60.7 Å². The minimum atomic E-state index is -0.747. The van der Waals surface area contributed by atoms with Gasteiger partial charge in [-0.05, 0) is 54.4 Å². The molecule has 4 rings (SSSR count). The maximum absolute atomic E-state index is 12.3. The van der Waals surface area contributed by atoms with Gasteiger partial charge in [-0.3, -0.25) is 14.4 Å². The largest absolute Gasteiger partial charge is 0.449 e. The van der Waals surface area contributed by atoms with E-state index in [0.717, 1.165) is 54.4 Å². The van der Waals surface area contributed by atoms with Crippen LogP contribution in [0.25, 0.3) is 11.1 Å². The molecule has 16 heteroatoms. The molecule has 0 aliphatic heterocycles. The Kier molecular flexibility index (Phi) is 20.2. The lowest BCUT2D eigenvalue weighted by molar-refractivity contribution is -0.127. The maximum Gasteiger partial charge on any atom is 0.407 e. The number of hydrogen-bond acceptors (Lipinski definition) is 11. The number of rotatable bonds is 24. The molecule has 0 radical (unpaired) electrons. The fraction of sp³-hybridized carbons (Fsp3) is 0.525. The van der Waals surface area contributed by atoms with Gasteiger partial charge in [0.2, 0.25) is 17.7 Å². The minimum Gasteiger partial charge on any atom is -0.449 e. The second-order valence-corrected chi connectivity index (χ2v) is 13.0. The summed E-state index contributed by atoms with van der Waals surface area (Å²) in [5, 5.41) is 12.5. The summed E-state index contributed by atoms with van der Waals surface area (Å²) in [7, 11) is 0. The highest BCUT2D eigenvalue weighted by molar-refractivity contribution is 5.89. The molecule has 2 aromatic rings. The van der Waals surface area contributed by atoms with Gasteiger partial charge < -0.3 is 55.0 Å². The molecular formula is C40H55N5O11. The Morgan fingerprint density at radius 2 is 1.04 bits per heavy atom. The van der Waals surface area contributed by atoms with Crippen molar-refractivity contribution in [2.75, 3.05) is 92.2 Å². The third kappa shape index (κ3) is 16.8. The fourth-order valence-electron chi connectivity index (χ4n) is 6.03. The van der Waals surface area contributed by atoms with Crippen LogP contribution in [0.2, 0.25) is 0 Å². The van der Waals surface area contributed by atoms with Crippen LogP contribution >= 0.6 is 0 Å². The topological polar surface area (TPSA) is 201 Å². The molecule has 1 atom stereocenters. The Labute approximate surface area is 327 Å². The number of allylic oxidation sites excluding steroid dienone is 2. The first kappa shape index (κ1) is 43.7. The van der Waals surface area contributed by atoms with E-state index in [9.17, 15) is 24.0 Å². The quantitative estimate of drug-likeness (QED) is 0.0775. The SMILES string of the molecule is O=C(CNC(=O)CNC(=O)CNC(=O)OCC1c2ccccc2-c2ccccc21)NCCOCCOCCOCCOCCNC(=O)OC1CC/C=C\CCC1. The molecule has 2 aliphatic carbocycles. The lowest BCUT2D eigenvalue weighted by Gasteiger charge is -2.18. The highest BCUT2D eigenvalue weighted by Crippen LogP contribution is 2.44. The molecule has 1 unspecified atom stereocenters. The molecule has 0 saturated heterocycles. The van der Waals surface area contributed by atoms with E-state index in [2.05, 4.69) is 38.7 Å². The zero-order chi connectivity index (χ0) is 39.6. The predicted molar refractivity (Wildman–Crippen MR) is 206 cm³/mol. The highest BCUT2D eigenvalue weighted by atomic mass is 16.6. The number of hydrogen-bond donors (Lipinski definition) is 5. The zero-order valence-electron chi connectivity index (χ0n) is 31.9. The smallest absolute Gasteiger partial charge is 0.407 e. The summed E-state index contributed by atoms with van der Waals surface area (Å²) in [5.74, 6) is -1.68. The molecule has 0 bridgehead atoms. The summed E-state index contributed by atoms with van der Waals surface area (Å²) in [4.78, 5) is 60.4. The van der Waals surface area contributed by atoms with E-state index in [1.54, 1.807) is 0 Å². The molecular weight excluding hydrogens is 726 g/mol. The van der Waals surface area contributed by atoms with E-state index in [4.69, 9.17) is 28.4 Å². The third-order valence-electron chi connectivity index (χ3n) is 8.82. The van der Waals surface area contributed by atoms with Gasteiger partial charge in [0, 0.05) is 19.0 Å². The van der Waals surface area contributed by atoms with Gasteiger partial charge in [-0.15, -0.1) is 0 Å². The van der Waals surface area contributed by atoms with Crippen molar-refractivity contribution in [2.24, 2.45) is 0 Å². The Morgan fingerprint density at radius 3 is 1.64 bits per heavy atom. The molecule has 306 valence electrons. The first-order valence-electron chi connectivity index (χ1n) is 19.2. The maximum atomic E-state index is 12.3. The lowest BCUT2D eigenvalue weighted by Crippen LogP contribution is -2.44. The van der Waals surface area contributed by atoms with E-state index in [1.165, 1.54) is 0 Å².